The molecule has 2 aromatic rings. The number of carbonyl (C=O) groups is 1. The zero-order chi connectivity index (χ0) is 14.8. The average molecular weight is 329 g/mol. The Morgan fingerprint density at radius 3 is 2.59 bits per heavy atom. The summed E-state index contributed by atoms with van der Waals surface area (Å²) in [5.74, 6) is -1.16. The monoisotopic (exact) mass is 328 g/mol. The minimum atomic E-state index is -0.666. The lowest BCUT2D eigenvalue weighted by Gasteiger charge is -2.08. The number of halogens is 3. The molecule has 1 aromatic heterocycles. The molecule has 1 aliphatic rings. The number of nitrogens with one attached hydrogen (secondary N) is 3. The number of carbonyl (C=O) groups excluding carboxylic acids is 1. The van der Waals surface area contributed by atoms with Crippen LogP contribution in [0.2, 0.25) is 0 Å². The van der Waals surface area contributed by atoms with Crippen molar-refractivity contribution in [3.63, 3.8) is 0 Å². The smallest absolute Gasteiger partial charge is 0.242 e. The first-order valence-corrected chi connectivity index (χ1v) is 6.68. The number of nitrogens with zero attached hydrogens (tertiary/aromatic N) is 1. The summed E-state index contributed by atoms with van der Waals surface area (Å²) in [6, 6.07) is 4.52. The molecular weight excluding hydrogens is 314 g/mol. The fourth-order valence-electron chi connectivity index (χ4n) is 2.36. The predicted molar refractivity (Wildman–Crippen MR) is 80.8 cm³/mol. The summed E-state index contributed by atoms with van der Waals surface area (Å²) in [6.07, 6.45) is 1.75. The third-order valence-electron chi connectivity index (χ3n) is 3.38. The lowest BCUT2D eigenvalue weighted by molar-refractivity contribution is -0.117. The topological polar surface area (TPSA) is 69.8 Å². The highest BCUT2D eigenvalue weighted by atomic mass is 35.5. The Morgan fingerprint density at radius 2 is 1.95 bits per heavy atom. The maximum Gasteiger partial charge on any atom is 0.242 e. The number of rotatable bonds is 3. The zero-order valence-corrected chi connectivity index (χ0v) is 12.3. The van der Waals surface area contributed by atoms with Gasteiger partial charge in [-0.1, -0.05) is 0 Å². The van der Waals surface area contributed by atoms with Crippen molar-refractivity contribution in [1.82, 2.24) is 15.5 Å². The van der Waals surface area contributed by atoms with E-state index < -0.39 is 11.6 Å². The van der Waals surface area contributed by atoms with Crippen molar-refractivity contribution in [2.75, 3.05) is 11.9 Å². The summed E-state index contributed by atoms with van der Waals surface area (Å²) in [5.41, 5.74) is 0.766. The van der Waals surface area contributed by atoms with E-state index in [2.05, 4.69) is 20.8 Å². The summed E-state index contributed by atoms with van der Waals surface area (Å²) in [4.78, 5) is 11.9. The summed E-state index contributed by atoms with van der Waals surface area (Å²) >= 11 is 0. The average Bonchev–Trinajstić information content (AvgIpc) is 3.08. The molecule has 1 saturated heterocycles. The van der Waals surface area contributed by atoms with E-state index in [4.69, 9.17) is 0 Å². The van der Waals surface area contributed by atoms with Gasteiger partial charge in [0.25, 0.3) is 0 Å². The van der Waals surface area contributed by atoms with Gasteiger partial charge in [0, 0.05) is 17.7 Å². The van der Waals surface area contributed by atoms with Crippen LogP contribution in [0.25, 0.3) is 11.3 Å². The maximum atomic E-state index is 13.2. The number of H-pyrrole nitrogens is 1. The van der Waals surface area contributed by atoms with E-state index in [0.717, 1.165) is 25.5 Å². The van der Waals surface area contributed by atoms with Gasteiger partial charge < -0.3 is 10.6 Å². The Kier molecular flexibility index (Phi) is 5.10. The number of anilines is 1. The molecule has 1 atom stereocenters. The molecule has 0 radical (unpaired) electrons. The molecule has 1 aliphatic heterocycles. The molecule has 2 heterocycles. The second-order valence-corrected chi connectivity index (χ2v) is 4.96. The molecule has 5 nitrogen and oxygen atoms in total. The molecule has 118 valence electrons. The highest BCUT2D eigenvalue weighted by Crippen LogP contribution is 2.22. The van der Waals surface area contributed by atoms with Crippen molar-refractivity contribution >= 4 is 24.1 Å². The third kappa shape index (κ3) is 3.61. The fraction of sp³-hybridized carbons (Fsp3) is 0.286. The molecule has 0 aliphatic carbocycles. The second-order valence-electron chi connectivity index (χ2n) is 4.96. The van der Waals surface area contributed by atoms with Gasteiger partial charge in [-0.25, -0.2) is 8.78 Å². The number of hydrogen-bond acceptors (Lipinski definition) is 3. The van der Waals surface area contributed by atoms with Gasteiger partial charge in [-0.15, -0.1) is 12.4 Å². The Balaban J connectivity index is 0.00000176. The van der Waals surface area contributed by atoms with Crippen molar-refractivity contribution in [1.29, 1.82) is 0 Å². The van der Waals surface area contributed by atoms with Gasteiger partial charge in [0.2, 0.25) is 5.91 Å². The first kappa shape index (κ1) is 16.4. The van der Waals surface area contributed by atoms with Crippen molar-refractivity contribution in [3.8, 4) is 11.3 Å². The largest absolute Gasteiger partial charge is 0.308 e. The fourth-order valence-corrected chi connectivity index (χ4v) is 2.36. The molecule has 1 amide bonds. The van der Waals surface area contributed by atoms with Crippen LogP contribution in [-0.2, 0) is 4.79 Å². The van der Waals surface area contributed by atoms with Crippen molar-refractivity contribution < 1.29 is 13.6 Å². The standard InChI is InChI=1S/C14H14F2N4O.ClH/c15-9-4-8(5-10(16)6-9)12-7-13(20-19-12)18-14(21)11-2-1-3-17-11;/h4-7,11,17H,1-3H2,(H2,18,19,20,21);1H. The van der Waals surface area contributed by atoms with Crippen molar-refractivity contribution in [2.24, 2.45) is 0 Å². The number of aromatic nitrogens is 2. The molecule has 22 heavy (non-hydrogen) atoms. The molecule has 0 bridgehead atoms. The van der Waals surface area contributed by atoms with Crippen LogP contribution in [-0.4, -0.2) is 28.7 Å². The highest BCUT2D eigenvalue weighted by Gasteiger charge is 2.22. The molecule has 8 heteroatoms. The summed E-state index contributed by atoms with van der Waals surface area (Å²) in [7, 11) is 0. The molecular formula is C14H15ClF2N4O. The van der Waals surface area contributed by atoms with Crippen LogP contribution >= 0.6 is 12.4 Å². The Morgan fingerprint density at radius 1 is 1.23 bits per heavy atom. The number of hydrogen-bond donors (Lipinski definition) is 3. The lowest BCUT2D eigenvalue weighted by Crippen LogP contribution is -2.35. The molecule has 3 rings (SSSR count). The van der Waals surface area contributed by atoms with E-state index in [-0.39, 0.29) is 24.4 Å². The van der Waals surface area contributed by atoms with Crippen LogP contribution in [0.1, 0.15) is 12.8 Å². The number of benzene rings is 1. The first-order chi connectivity index (χ1) is 10.1. The Labute approximate surface area is 131 Å². The van der Waals surface area contributed by atoms with Crippen LogP contribution in [0, 0.1) is 11.6 Å². The van der Waals surface area contributed by atoms with Gasteiger partial charge in [0.05, 0.1) is 11.7 Å². The molecule has 3 N–H and O–H groups in total. The van der Waals surface area contributed by atoms with Gasteiger partial charge in [0.1, 0.15) is 11.6 Å². The number of amides is 1. The van der Waals surface area contributed by atoms with Crippen molar-refractivity contribution in [2.45, 2.75) is 18.9 Å². The van der Waals surface area contributed by atoms with E-state index in [1.165, 1.54) is 12.1 Å². The molecule has 1 aromatic carbocycles. The first-order valence-electron chi connectivity index (χ1n) is 6.68. The molecule has 1 unspecified atom stereocenters. The SMILES string of the molecule is Cl.O=C(Nc1cc(-c2cc(F)cc(F)c2)[nH]n1)C1CCCN1. The Bertz CT molecular complexity index is 650. The minimum Gasteiger partial charge on any atom is -0.308 e. The third-order valence-corrected chi connectivity index (χ3v) is 3.38. The van der Waals surface area contributed by atoms with E-state index in [1.54, 1.807) is 6.07 Å². The van der Waals surface area contributed by atoms with Gasteiger partial charge >= 0.3 is 0 Å². The van der Waals surface area contributed by atoms with Crippen LogP contribution in [0.15, 0.2) is 24.3 Å². The molecule has 1 fully saturated rings. The highest BCUT2D eigenvalue weighted by molar-refractivity contribution is 5.94. The quantitative estimate of drug-likeness (QED) is 0.810. The minimum absolute atomic E-state index is 0. The normalized spacial score (nSPS) is 17.1. The van der Waals surface area contributed by atoms with Crippen LogP contribution in [0.4, 0.5) is 14.6 Å². The molecule has 0 spiro atoms. The maximum absolute atomic E-state index is 13.2. The van der Waals surface area contributed by atoms with Gasteiger partial charge in [-0.05, 0) is 31.5 Å². The second kappa shape index (κ2) is 6.85. The summed E-state index contributed by atoms with van der Waals surface area (Å²) in [5, 5.41) is 12.3. The predicted octanol–water partition coefficient (Wildman–Crippen LogP) is 2.47. The van der Waals surface area contributed by atoms with Crippen molar-refractivity contribution in [3.05, 3.63) is 35.9 Å². The van der Waals surface area contributed by atoms with Crippen LogP contribution in [0.3, 0.4) is 0 Å². The van der Waals surface area contributed by atoms with Gasteiger partial charge in [0.15, 0.2) is 5.82 Å². The summed E-state index contributed by atoms with van der Waals surface area (Å²) in [6.45, 7) is 0.826. The van der Waals surface area contributed by atoms with Crippen LogP contribution in [0.5, 0.6) is 0 Å². The van der Waals surface area contributed by atoms with E-state index in [1.807, 2.05) is 0 Å². The van der Waals surface area contributed by atoms with E-state index in [0.29, 0.717) is 17.1 Å². The number of aromatic amines is 1. The lowest BCUT2D eigenvalue weighted by atomic mass is 10.1. The van der Waals surface area contributed by atoms with E-state index >= 15 is 0 Å². The van der Waals surface area contributed by atoms with E-state index in [9.17, 15) is 13.6 Å². The Hall–Kier alpha value is -1.99. The summed E-state index contributed by atoms with van der Waals surface area (Å²) < 4.78 is 26.4. The van der Waals surface area contributed by atoms with Crippen LogP contribution < -0.4 is 10.6 Å². The van der Waals surface area contributed by atoms with Gasteiger partial charge in [-0.3, -0.25) is 9.89 Å². The zero-order valence-electron chi connectivity index (χ0n) is 11.5. The van der Waals surface area contributed by atoms with Gasteiger partial charge in [-0.2, -0.15) is 5.10 Å². The molecule has 0 saturated carbocycles.